The van der Waals surface area contributed by atoms with E-state index in [0.29, 0.717) is 28.1 Å². The number of hydrogen-bond acceptors (Lipinski definition) is 5. The van der Waals surface area contributed by atoms with E-state index in [9.17, 15) is 9.18 Å². The molecule has 0 spiro atoms. The molecule has 1 aliphatic rings. The van der Waals surface area contributed by atoms with Gasteiger partial charge in [0.2, 0.25) is 0 Å². The zero-order valence-corrected chi connectivity index (χ0v) is 21.8. The number of carbonyl (C=O) groups is 1. The van der Waals surface area contributed by atoms with E-state index in [1.807, 2.05) is 78.5 Å². The summed E-state index contributed by atoms with van der Waals surface area (Å²) >= 11 is 6.76. The van der Waals surface area contributed by atoms with Gasteiger partial charge in [0.25, 0.3) is 5.91 Å². The summed E-state index contributed by atoms with van der Waals surface area (Å²) in [5, 5.41) is 4.85. The quantitative estimate of drug-likeness (QED) is 0.184. The second-order valence-corrected chi connectivity index (χ2v) is 10.2. The fourth-order valence-electron chi connectivity index (χ4n) is 3.94. The molecule has 8 heteroatoms. The highest BCUT2D eigenvalue weighted by atomic mass is 32.2. The SMILES string of the molecule is CCCN1C(=O)/C(=C/c2cn(-c3ccccc3)nc2-c2ccc(OCc3ccc(F)cc3)cc2)SC1=S. The number of rotatable bonds is 8. The smallest absolute Gasteiger partial charge is 0.266 e. The van der Waals surface area contributed by atoms with Gasteiger partial charge >= 0.3 is 0 Å². The van der Waals surface area contributed by atoms with Crippen LogP contribution in [0.4, 0.5) is 4.39 Å². The zero-order chi connectivity index (χ0) is 25.8. The molecule has 1 fully saturated rings. The van der Waals surface area contributed by atoms with E-state index in [0.717, 1.165) is 34.5 Å². The van der Waals surface area contributed by atoms with Crippen molar-refractivity contribution in [3.8, 4) is 22.7 Å². The highest BCUT2D eigenvalue weighted by Gasteiger charge is 2.31. The van der Waals surface area contributed by atoms with E-state index < -0.39 is 0 Å². The van der Waals surface area contributed by atoms with Crippen LogP contribution in [0.3, 0.4) is 0 Å². The third kappa shape index (κ3) is 5.65. The number of aromatic nitrogens is 2. The van der Waals surface area contributed by atoms with Gasteiger partial charge in [0.15, 0.2) is 0 Å². The molecule has 0 unspecified atom stereocenters. The molecule has 3 aromatic carbocycles. The number of amides is 1. The summed E-state index contributed by atoms with van der Waals surface area (Å²) in [4.78, 5) is 15.2. The first kappa shape index (κ1) is 24.9. The second-order valence-electron chi connectivity index (χ2n) is 8.49. The number of thioether (sulfide) groups is 1. The summed E-state index contributed by atoms with van der Waals surface area (Å²) in [5.41, 5.74) is 4.26. The van der Waals surface area contributed by atoms with Gasteiger partial charge in [0.1, 0.15) is 22.5 Å². The molecule has 186 valence electrons. The average Bonchev–Trinajstić information content (AvgIpc) is 3.46. The maximum absolute atomic E-state index is 13.1. The van der Waals surface area contributed by atoms with Gasteiger partial charge in [-0.2, -0.15) is 5.10 Å². The molecule has 0 radical (unpaired) electrons. The number of benzene rings is 3. The van der Waals surface area contributed by atoms with Crippen molar-refractivity contribution in [2.75, 3.05) is 6.54 Å². The maximum atomic E-state index is 13.1. The summed E-state index contributed by atoms with van der Waals surface area (Å²) in [6, 6.07) is 23.7. The third-order valence-electron chi connectivity index (χ3n) is 5.82. The number of para-hydroxylation sites is 1. The van der Waals surface area contributed by atoms with E-state index in [2.05, 4.69) is 0 Å². The molecule has 0 saturated carbocycles. The molecule has 0 bridgehead atoms. The maximum Gasteiger partial charge on any atom is 0.266 e. The van der Waals surface area contributed by atoms with Crippen LogP contribution in [0.15, 0.2) is 90.0 Å². The van der Waals surface area contributed by atoms with Crippen LogP contribution in [-0.4, -0.2) is 31.5 Å². The summed E-state index contributed by atoms with van der Waals surface area (Å²) in [5.74, 6) is 0.351. The summed E-state index contributed by atoms with van der Waals surface area (Å²) in [7, 11) is 0. The minimum Gasteiger partial charge on any atom is -0.489 e. The highest BCUT2D eigenvalue weighted by molar-refractivity contribution is 8.26. The topological polar surface area (TPSA) is 47.4 Å². The van der Waals surface area contributed by atoms with Gasteiger partial charge in [-0.1, -0.05) is 61.2 Å². The Kier molecular flexibility index (Phi) is 7.48. The van der Waals surface area contributed by atoms with Gasteiger partial charge in [-0.05, 0) is 66.6 Å². The Morgan fingerprint density at radius 1 is 1.03 bits per heavy atom. The van der Waals surface area contributed by atoms with Crippen molar-refractivity contribution in [2.24, 2.45) is 0 Å². The summed E-state index contributed by atoms with van der Waals surface area (Å²) < 4.78 is 21.4. The van der Waals surface area contributed by atoms with Crippen LogP contribution in [0.5, 0.6) is 5.75 Å². The van der Waals surface area contributed by atoms with E-state index in [-0.39, 0.29) is 11.7 Å². The minimum atomic E-state index is -0.272. The van der Waals surface area contributed by atoms with Crippen molar-refractivity contribution >= 4 is 40.3 Å². The lowest BCUT2D eigenvalue weighted by atomic mass is 10.1. The van der Waals surface area contributed by atoms with Crippen LogP contribution in [0, 0.1) is 5.82 Å². The average molecular weight is 530 g/mol. The van der Waals surface area contributed by atoms with Crippen LogP contribution >= 0.6 is 24.0 Å². The molecular weight excluding hydrogens is 505 g/mol. The van der Waals surface area contributed by atoms with Crippen LogP contribution < -0.4 is 4.74 Å². The largest absolute Gasteiger partial charge is 0.489 e. The Labute approximate surface area is 224 Å². The molecule has 1 saturated heterocycles. The van der Waals surface area contributed by atoms with Gasteiger partial charge in [0, 0.05) is 23.9 Å². The molecular formula is C29H24FN3O2S2. The number of hydrogen-bond donors (Lipinski definition) is 0. The second kappa shape index (κ2) is 11.1. The van der Waals surface area contributed by atoms with Gasteiger partial charge in [-0.3, -0.25) is 9.69 Å². The molecule has 0 aliphatic carbocycles. The normalized spacial score (nSPS) is 14.5. The lowest BCUT2D eigenvalue weighted by Gasteiger charge is -2.11. The number of ether oxygens (including phenoxy) is 1. The molecule has 0 atom stereocenters. The molecule has 1 aliphatic heterocycles. The van der Waals surface area contributed by atoms with Gasteiger partial charge in [0.05, 0.1) is 16.3 Å². The molecule has 5 rings (SSSR count). The van der Waals surface area contributed by atoms with E-state index >= 15 is 0 Å². The van der Waals surface area contributed by atoms with Crippen molar-refractivity contribution in [2.45, 2.75) is 20.0 Å². The van der Waals surface area contributed by atoms with Crippen LogP contribution in [-0.2, 0) is 11.4 Å². The Morgan fingerprint density at radius 2 is 1.76 bits per heavy atom. The van der Waals surface area contributed by atoms with Crippen LogP contribution in [0.25, 0.3) is 23.0 Å². The Bertz CT molecular complexity index is 1450. The molecule has 4 aromatic rings. The van der Waals surface area contributed by atoms with Crippen molar-refractivity contribution in [3.05, 3.63) is 107 Å². The van der Waals surface area contributed by atoms with E-state index in [4.69, 9.17) is 22.1 Å². The lowest BCUT2D eigenvalue weighted by molar-refractivity contribution is -0.122. The predicted octanol–water partition coefficient (Wildman–Crippen LogP) is 6.87. The number of halogens is 1. The fourth-order valence-corrected chi connectivity index (χ4v) is 5.24. The van der Waals surface area contributed by atoms with Crippen molar-refractivity contribution in [1.82, 2.24) is 14.7 Å². The van der Waals surface area contributed by atoms with Gasteiger partial charge in [-0.15, -0.1) is 0 Å². The molecule has 37 heavy (non-hydrogen) atoms. The molecule has 5 nitrogen and oxygen atoms in total. The number of carbonyl (C=O) groups excluding carboxylic acids is 1. The summed E-state index contributed by atoms with van der Waals surface area (Å²) in [6.45, 7) is 2.97. The first-order chi connectivity index (χ1) is 18.0. The third-order valence-corrected chi connectivity index (χ3v) is 7.19. The predicted molar refractivity (Wildman–Crippen MR) is 150 cm³/mol. The zero-order valence-electron chi connectivity index (χ0n) is 20.1. The molecule has 1 aromatic heterocycles. The van der Waals surface area contributed by atoms with Crippen molar-refractivity contribution in [1.29, 1.82) is 0 Å². The van der Waals surface area contributed by atoms with Gasteiger partial charge < -0.3 is 4.74 Å². The Morgan fingerprint density at radius 3 is 2.46 bits per heavy atom. The number of nitrogens with zero attached hydrogens (tertiary/aromatic N) is 3. The Hall–Kier alpha value is -3.75. The first-order valence-electron chi connectivity index (χ1n) is 11.9. The highest BCUT2D eigenvalue weighted by Crippen LogP contribution is 2.35. The minimum absolute atomic E-state index is 0.0696. The standard InChI is InChI=1S/C29H24FN3O2S2/c1-2-16-32-28(34)26(37-29(32)36)17-22-18-33(24-6-4-3-5-7-24)31-27(22)21-10-14-25(15-11-21)35-19-20-8-12-23(30)13-9-20/h3-15,17-18H,2,16,19H2,1H3/b26-17-. The van der Waals surface area contributed by atoms with Crippen LogP contribution in [0.2, 0.25) is 0 Å². The molecule has 2 heterocycles. The monoisotopic (exact) mass is 529 g/mol. The van der Waals surface area contributed by atoms with Crippen LogP contribution in [0.1, 0.15) is 24.5 Å². The van der Waals surface area contributed by atoms with Crippen molar-refractivity contribution < 1.29 is 13.9 Å². The fraction of sp³-hybridized carbons (Fsp3) is 0.138. The van der Waals surface area contributed by atoms with Gasteiger partial charge in [-0.25, -0.2) is 9.07 Å². The van der Waals surface area contributed by atoms with Crippen molar-refractivity contribution in [3.63, 3.8) is 0 Å². The summed E-state index contributed by atoms with van der Waals surface area (Å²) in [6.07, 6.45) is 4.64. The van der Waals surface area contributed by atoms with E-state index in [1.165, 1.54) is 23.9 Å². The lowest BCUT2D eigenvalue weighted by Crippen LogP contribution is -2.28. The first-order valence-corrected chi connectivity index (χ1v) is 13.1. The number of thiocarbonyl (C=S) groups is 1. The van der Waals surface area contributed by atoms with E-state index in [1.54, 1.807) is 17.0 Å². The molecule has 1 amide bonds. The molecule has 0 N–H and O–H groups in total. The Balaban J connectivity index is 1.44.